The van der Waals surface area contributed by atoms with E-state index in [1.165, 1.54) is 4.90 Å². The van der Waals surface area contributed by atoms with Gasteiger partial charge in [-0.15, -0.1) is 0 Å². The molecule has 0 aliphatic heterocycles. The minimum absolute atomic E-state index is 0.260. The molecule has 0 aliphatic carbocycles. The summed E-state index contributed by atoms with van der Waals surface area (Å²) in [6, 6.07) is 13.0. The molecule has 142 valence electrons. The minimum Gasteiger partial charge on any atom is -0.349 e. The smallest absolute Gasteiger partial charge is 0.270 e. The largest absolute Gasteiger partial charge is 0.349 e. The number of alkyl halides is 2. The van der Waals surface area contributed by atoms with Crippen molar-refractivity contribution in [2.75, 3.05) is 26.7 Å². The second kappa shape index (κ2) is 8.22. The number of likely N-dealkylation sites (N-methyl/N-ethyl adjacent to an activating group) is 1. The van der Waals surface area contributed by atoms with Crippen molar-refractivity contribution in [2.45, 2.75) is 13.3 Å². The Morgan fingerprint density at radius 1 is 1.22 bits per heavy atom. The Morgan fingerprint density at radius 2 is 1.96 bits per heavy atom. The number of hydrogen-bond donors (Lipinski definition) is 1. The average molecular weight is 373 g/mol. The molecule has 27 heavy (non-hydrogen) atoms. The fraction of sp³-hybridized carbons (Fsp3) is 0.316. The fourth-order valence-electron chi connectivity index (χ4n) is 2.80. The number of aromatic nitrogens is 3. The number of carbonyl (C=O) groups is 1. The second-order valence-corrected chi connectivity index (χ2v) is 6.31. The SMILES string of the molecule is Cc1nn(-c2ccccc2)c2nc(C(=O)NCCN(C)CC(F)F)ccc12. The van der Waals surface area contributed by atoms with E-state index >= 15 is 0 Å². The summed E-state index contributed by atoms with van der Waals surface area (Å²) < 4.78 is 26.3. The van der Waals surface area contributed by atoms with Crippen molar-refractivity contribution in [3.8, 4) is 5.69 Å². The van der Waals surface area contributed by atoms with Crippen molar-refractivity contribution >= 4 is 16.9 Å². The van der Waals surface area contributed by atoms with Crippen LogP contribution in [0.2, 0.25) is 0 Å². The first-order valence-electron chi connectivity index (χ1n) is 8.62. The number of benzene rings is 1. The fourth-order valence-corrected chi connectivity index (χ4v) is 2.80. The highest BCUT2D eigenvalue weighted by atomic mass is 19.3. The predicted molar refractivity (Wildman–Crippen MR) is 99.4 cm³/mol. The molecule has 0 spiro atoms. The lowest BCUT2D eigenvalue weighted by Gasteiger charge is -2.15. The van der Waals surface area contributed by atoms with Gasteiger partial charge in [0.15, 0.2) is 5.65 Å². The van der Waals surface area contributed by atoms with Crippen LogP contribution >= 0.6 is 0 Å². The van der Waals surface area contributed by atoms with Crippen LogP contribution in [0.1, 0.15) is 16.2 Å². The van der Waals surface area contributed by atoms with Crippen LogP contribution in [-0.2, 0) is 0 Å². The van der Waals surface area contributed by atoms with E-state index in [4.69, 9.17) is 0 Å². The third-order valence-corrected chi connectivity index (χ3v) is 4.18. The molecule has 0 fully saturated rings. The third-order valence-electron chi connectivity index (χ3n) is 4.18. The maximum atomic E-state index is 12.4. The molecule has 0 aliphatic rings. The normalized spacial score (nSPS) is 11.5. The first kappa shape index (κ1) is 18.9. The van der Waals surface area contributed by atoms with Crippen LogP contribution in [0.15, 0.2) is 42.5 Å². The van der Waals surface area contributed by atoms with Gasteiger partial charge in [0.05, 0.1) is 17.9 Å². The van der Waals surface area contributed by atoms with E-state index in [1.807, 2.05) is 43.3 Å². The predicted octanol–water partition coefficient (Wildman–Crippen LogP) is 2.66. The molecule has 0 radical (unpaired) electrons. The maximum absolute atomic E-state index is 12.4. The number of halogens is 2. The molecule has 3 aromatic rings. The molecular formula is C19H21F2N5O. The van der Waals surface area contributed by atoms with Gasteiger partial charge in [0.25, 0.3) is 12.3 Å². The van der Waals surface area contributed by atoms with Gasteiger partial charge in [-0.2, -0.15) is 5.10 Å². The Hall–Kier alpha value is -2.87. The van der Waals surface area contributed by atoms with Crippen molar-refractivity contribution in [2.24, 2.45) is 0 Å². The topological polar surface area (TPSA) is 63.1 Å². The average Bonchev–Trinajstić information content (AvgIpc) is 2.98. The van der Waals surface area contributed by atoms with Crippen LogP contribution in [0.3, 0.4) is 0 Å². The summed E-state index contributed by atoms with van der Waals surface area (Å²) in [6.45, 7) is 2.16. The van der Waals surface area contributed by atoms with Crippen LogP contribution in [0, 0.1) is 6.92 Å². The van der Waals surface area contributed by atoms with Gasteiger partial charge in [-0.3, -0.25) is 9.69 Å². The molecule has 1 N–H and O–H groups in total. The number of hydrogen-bond acceptors (Lipinski definition) is 4. The van der Waals surface area contributed by atoms with Gasteiger partial charge >= 0.3 is 0 Å². The van der Waals surface area contributed by atoms with E-state index < -0.39 is 6.43 Å². The lowest BCUT2D eigenvalue weighted by molar-refractivity contribution is 0.0916. The number of nitrogens with one attached hydrogen (secondary N) is 1. The molecule has 0 unspecified atom stereocenters. The minimum atomic E-state index is -2.39. The Morgan fingerprint density at radius 3 is 2.67 bits per heavy atom. The molecular weight excluding hydrogens is 352 g/mol. The summed E-state index contributed by atoms with van der Waals surface area (Å²) in [5.41, 5.74) is 2.54. The standard InChI is InChI=1S/C19H21F2N5O/c1-13-15-8-9-16(19(27)22-10-11-25(2)12-17(20)21)23-18(15)26(24-13)14-6-4-3-5-7-14/h3-9,17H,10-12H2,1-2H3,(H,22,27). The van der Waals surface area contributed by atoms with Crippen LogP contribution < -0.4 is 5.32 Å². The monoisotopic (exact) mass is 373 g/mol. The molecule has 1 amide bonds. The number of para-hydroxylation sites is 1. The molecule has 0 atom stereocenters. The number of amides is 1. The van der Waals surface area contributed by atoms with Gasteiger partial charge < -0.3 is 5.32 Å². The number of rotatable bonds is 7. The first-order chi connectivity index (χ1) is 13.0. The second-order valence-electron chi connectivity index (χ2n) is 6.31. The van der Waals surface area contributed by atoms with Crippen molar-refractivity contribution in [3.05, 3.63) is 53.9 Å². The van der Waals surface area contributed by atoms with Crippen LogP contribution in [-0.4, -0.2) is 58.7 Å². The molecule has 6 nitrogen and oxygen atoms in total. The highest BCUT2D eigenvalue weighted by molar-refractivity contribution is 5.94. The summed E-state index contributed by atoms with van der Waals surface area (Å²) in [5.74, 6) is -0.346. The van der Waals surface area contributed by atoms with E-state index in [0.717, 1.165) is 16.8 Å². The van der Waals surface area contributed by atoms with E-state index in [0.29, 0.717) is 12.2 Å². The Kier molecular flexibility index (Phi) is 5.75. The lowest BCUT2D eigenvalue weighted by atomic mass is 10.2. The zero-order valence-corrected chi connectivity index (χ0v) is 15.2. The van der Waals surface area contributed by atoms with E-state index in [9.17, 15) is 13.6 Å². The first-order valence-corrected chi connectivity index (χ1v) is 8.62. The quantitative estimate of drug-likeness (QED) is 0.692. The molecule has 2 heterocycles. The van der Waals surface area contributed by atoms with Crippen LogP contribution in [0.4, 0.5) is 8.78 Å². The number of aryl methyl sites for hydroxylation is 1. The number of pyridine rings is 1. The highest BCUT2D eigenvalue weighted by Crippen LogP contribution is 2.20. The molecule has 3 rings (SSSR count). The maximum Gasteiger partial charge on any atom is 0.270 e. The van der Waals surface area contributed by atoms with Crippen LogP contribution in [0.25, 0.3) is 16.7 Å². The molecule has 0 saturated heterocycles. The van der Waals surface area contributed by atoms with Crippen molar-refractivity contribution in [3.63, 3.8) is 0 Å². The Labute approximate surface area is 155 Å². The molecule has 2 aromatic heterocycles. The third kappa shape index (κ3) is 4.46. The van der Waals surface area contributed by atoms with Gasteiger partial charge in [-0.1, -0.05) is 18.2 Å². The van der Waals surface area contributed by atoms with E-state index in [1.54, 1.807) is 17.8 Å². The summed E-state index contributed by atoms with van der Waals surface area (Å²) >= 11 is 0. The number of nitrogens with zero attached hydrogens (tertiary/aromatic N) is 4. The van der Waals surface area contributed by atoms with Gasteiger partial charge in [0.2, 0.25) is 0 Å². The van der Waals surface area contributed by atoms with Crippen molar-refractivity contribution in [1.29, 1.82) is 0 Å². The van der Waals surface area contributed by atoms with E-state index in [-0.39, 0.29) is 24.7 Å². The zero-order chi connectivity index (χ0) is 19.4. The molecule has 0 bridgehead atoms. The van der Waals surface area contributed by atoms with Gasteiger partial charge in [-0.25, -0.2) is 18.4 Å². The van der Waals surface area contributed by atoms with Crippen molar-refractivity contribution < 1.29 is 13.6 Å². The summed E-state index contributed by atoms with van der Waals surface area (Å²) in [5, 5.41) is 8.10. The zero-order valence-electron chi connectivity index (χ0n) is 15.2. The number of carbonyl (C=O) groups excluding carboxylic acids is 1. The van der Waals surface area contributed by atoms with Gasteiger partial charge in [-0.05, 0) is 38.2 Å². The van der Waals surface area contributed by atoms with Crippen molar-refractivity contribution in [1.82, 2.24) is 25.0 Å². The van der Waals surface area contributed by atoms with E-state index in [2.05, 4.69) is 15.4 Å². The summed E-state index contributed by atoms with van der Waals surface area (Å²) in [4.78, 5) is 18.3. The molecule has 1 aromatic carbocycles. The summed E-state index contributed by atoms with van der Waals surface area (Å²) in [6.07, 6.45) is -2.39. The highest BCUT2D eigenvalue weighted by Gasteiger charge is 2.15. The van der Waals surface area contributed by atoms with Gasteiger partial charge in [0, 0.05) is 18.5 Å². The molecule has 8 heteroatoms. The number of fused-ring (bicyclic) bond motifs is 1. The Bertz CT molecular complexity index is 926. The summed E-state index contributed by atoms with van der Waals surface area (Å²) in [7, 11) is 1.59. The lowest BCUT2D eigenvalue weighted by Crippen LogP contribution is -2.35. The Balaban J connectivity index is 1.77. The van der Waals surface area contributed by atoms with Gasteiger partial charge in [0.1, 0.15) is 5.69 Å². The van der Waals surface area contributed by atoms with Crippen LogP contribution in [0.5, 0.6) is 0 Å². The molecule has 0 saturated carbocycles.